The molecular weight excluding hydrogens is 250 g/mol. The van der Waals surface area contributed by atoms with Crippen molar-refractivity contribution < 1.29 is 4.79 Å². The molecule has 0 bridgehead atoms. The molecule has 0 unspecified atom stereocenters. The van der Waals surface area contributed by atoms with E-state index in [1.165, 1.54) is 24.9 Å². The summed E-state index contributed by atoms with van der Waals surface area (Å²) in [6.45, 7) is 8.04. The average Bonchev–Trinajstić information content (AvgIpc) is 2.89. The SMILES string of the molecule is Cc1ccc(NC(=O)N2CCN3CCC[C@H]3C2)c(C)c1. The van der Waals surface area contributed by atoms with Gasteiger partial charge in [0.05, 0.1) is 0 Å². The first kappa shape index (κ1) is 13.4. The maximum absolute atomic E-state index is 12.4. The van der Waals surface area contributed by atoms with Crippen LogP contribution in [0.5, 0.6) is 0 Å². The molecule has 4 nitrogen and oxygen atoms in total. The Morgan fingerprint density at radius 2 is 2.10 bits per heavy atom. The zero-order valence-corrected chi connectivity index (χ0v) is 12.4. The Bertz CT molecular complexity index is 514. The van der Waals surface area contributed by atoms with E-state index >= 15 is 0 Å². The zero-order chi connectivity index (χ0) is 14.1. The average molecular weight is 273 g/mol. The van der Waals surface area contributed by atoms with Crippen molar-refractivity contribution >= 4 is 11.7 Å². The molecule has 0 radical (unpaired) electrons. The van der Waals surface area contributed by atoms with Crippen LogP contribution >= 0.6 is 0 Å². The first-order valence-corrected chi connectivity index (χ1v) is 7.51. The second kappa shape index (κ2) is 5.44. The Balaban J connectivity index is 1.64. The number of anilines is 1. The molecular formula is C16H23N3O. The lowest BCUT2D eigenvalue weighted by Crippen LogP contribution is -2.53. The molecule has 4 heteroatoms. The van der Waals surface area contributed by atoms with Crippen LogP contribution in [-0.2, 0) is 0 Å². The number of piperazine rings is 1. The number of nitrogens with one attached hydrogen (secondary N) is 1. The van der Waals surface area contributed by atoms with Crippen LogP contribution in [0, 0.1) is 13.8 Å². The highest BCUT2D eigenvalue weighted by Crippen LogP contribution is 2.22. The molecule has 20 heavy (non-hydrogen) atoms. The smallest absolute Gasteiger partial charge is 0.321 e. The topological polar surface area (TPSA) is 35.6 Å². The number of fused-ring (bicyclic) bond motifs is 1. The highest BCUT2D eigenvalue weighted by Gasteiger charge is 2.32. The van der Waals surface area contributed by atoms with Gasteiger partial charge in [0.15, 0.2) is 0 Å². The van der Waals surface area contributed by atoms with Crippen molar-refractivity contribution in [2.75, 3.05) is 31.5 Å². The number of rotatable bonds is 1. The van der Waals surface area contributed by atoms with Gasteiger partial charge in [-0.3, -0.25) is 4.90 Å². The van der Waals surface area contributed by atoms with Gasteiger partial charge in [0.1, 0.15) is 0 Å². The van der Waals surface area contributed by atoms with E-state index in [-0.39, 0.29) is 6.03 Å². The van der Waals surface area contributed by atoms with E-state index < -0.39 is 0 Å². The number of aryl methyl sites for hydroxylation is 2. The number of benzene rings is 1. The fourth-order valence-electron chi connectivity index (χ4n) is 3.32. The highest BCUT2D eigenvalue weighted by molar-refractivity contribution is 5.90. The third-order valence-corrected chi connectivity index (χ3v) is 4.50. The number of carbonyl (C=O) groups excluding carboxylic acids is 1. The van der Waals surface area contributed by atoms with E-state index in [0.29, 0.717) is 6.04 Å². The van der Waals surface area contributed by atoms with Gasteiger partial charge in [0.2, 0.25) is 0 Å². The van der Waals surface area contributed by atoms with Crippen molar-refractivity contribution in [3.8, 4) is 0 Å². The minimum Gasteiger partial charge on any atom is -0.322 e. The fraction of sp³-hybridized carbons (Fsp3) is 0.562. The second-order valence-electron chi connectivity index (χ2n) is 6.03. The van der Waals surface area contributed by atoms with E-state index in [0.717, 1.165) is 30.9 Å². The first-order chi connectivity index (χ1) is 9.63. The van der Waals surface area contributed by atoms with Gasteiger partial charge in [-0.2, -0.15) is 0 Å². The van der Waals surface area contributed by atoms with Gasteiger partial charge >= 0.3 is 6.03 Å². The van der Waals surface area contributed by atoms with Crippen LogP contribution in [0.3, 0.4) is 0 Å². The highest BCUT2D eigenvalue weighted by atomic mass is 16.2. The predicted octanol–water partition coefficient (Wildman–Crippen LogP) is 2.62. The lowest BCUT2D eigenvalue weighted by atomic mass is 10.1. The van der Waals surface area contributed by atoms with Gasteiger partial charge in [0.25, 0.3) is 0 Å². The molecule has 3 rings (SSSR count). The van der Waals surface area contributed by atoms with Gasteiger partial charge in [0, 0.05) is 31.4 Å². The Morgan fingerprint density at radius 3 is 2.90 bits per heavy atom. The van der Waals surface area contributed by atoms with Gasteiger partial charge in [-0.05, 0) is 44.9 Å². The lowest BCUT2D eigenvalue weighted by molar-refractivity contribution is 0.124. The molecule has 0 aromatic heterocycles. The molecule has 1 atom stereocenters. The maximum Gasteiger partial charge on any atom is 0.321 e. The Morgan fingerprint density at radius 1 is 1.25 bits per heavy atom. The molecule has 1 N–H and O–H groups in total. The Labute approximate surface area is 120 Å². The molecule has 2 aliphatic rings. The number of hydrogen-bond acceptors (Lipinski definition) is 2. The molecule has 1 aromatic rings. The summed E-state index contributed by atoms with van der Waals surface area (Å²) in [4.78, 5) is 16.9. The number of urea groups is 1. The first-order valence-electron chi connectivity index (χ1n) is 7.51. The summed E-state index contributed by atoms with van der Waals surface area (Å²) in [7, 11) is 0. The van der Waals surface area contributed by atoms with Crippen LogP contribution in [-0.4, -0.2) is 48.1 Å². The van der Waals surface area contributed by atoms with E-state index in [9.17, 15) is 4.79 Å². The molecule has 2 fully saturated rings. The quantitative estimate of drug-likeness (QED) is 0.853. The number of hydrogen-bond donors (Lipinski definition) is 1. The Hall–Kier alpha value is -1.55. The van der Waals surface area contributed by atoms with Crippen molar-refractivity contribution in [2.45, 2.75) is 32.7 Å². The Kier molecular flexibility index (Phi) is 3.66. The molecule has 0 spiro atoms. The molecule has 2 heterocycles. The van der Waals surface area contributed by atoms with E-state index in [2.05, 4.69) is 23.2 Å². The standard InChI is InChI=1S/C16H23N3O/c1-12-5-6-15(13(2)10-12)17-16(20)19-9-8-18-7-3-4-14(18)11-19/h5-6,10,14H,3-4,7-9,11H2,1-2H3,(H,17,20)/t14-/m0/s1. The summed E-state index contributed by atoms with van der Waals surface area (Å²) in [6, 6.07) is 6.76. The number of nitrogens with zero attached hydrogens (tertiary/aromatic N) is 2. The van der Waals surface area contributed by atoms with Crippen LogP contribution in [0.1, 0.15) is 24.0 Å². The van der Waals surface area contributed by atoms with Crippen molar-refractivity contribution in [1.29, 1.82) is 0 Å². The van der Waals surface area contributed by atoms with Crippen LogP contribution in [0.15, 0.2) is 18.2 Å². The molecule has 2 saturated heterocycles. The van der Waals surface area contributed by atoms with E-state index in [1.807, 2.05) is 24.0 Å². The molecule has 0 saturated carbocycles. The summed E-state index contributed by atoms with van der Waals surface area (Å²) in [5, 5.41) is 3.06. The second-order valence-corrected chi connectivity index (χ2v) is 6.03. The molecule has 2 aliphatic heterocycles. The number of carbonyl (C=O) groups is 1. The molecule has 1 aromatic carbocycles. The minimum absolute atomic E-state index is 0.0449. The van der Waals surface area contributed by atoms with Gasteiger partial charge in [-0.1, -0.05) is 17.7 Å². The maximum atomic E-state index is 12.4. The summed E-state index contributed by atoms with van der Waals surface area (Å²) in [5.74, 6) is 0. The predicted molar refractivity (Wildman–Crippen MR) is 81.1 cm³/mol. The van der Waals surface area contributed by atoms with Crippen molar-refractivity contribution in [3.05, 3.63) is 29.3 Å². The van der Waals surface area contributed by atoms with E-state index in [1.54, 1.807) is 0 Å². The third-order valence-electron chi connectivity index (χ3n) is 4.50. The number of amides is 2. The van der Waals surface area contributed by atoms with Gasteiger partial charge in [-0.15, -0.1) is 0 Å². The van der Waals surface area contributed by atoms with Crippen molar-refractivity contribution in [2.24, 2.45) is 0 Å². The minimum atomic E-state index is 0.0449. The van der Waals surface area contributed by atoms with Crippen LogP contribution in [0.25, 0.3) is 0 Å². The van der Waals surface area contributed by atoms with Gasteiger partial charge in [-0.25, -0.2) is 4.79 Å². The largest absolute Gasteiger partial charge is 0.322 e. The molecule has 108 valence electrons. The van der Waals surface area contributed by atoms with Crippen molar-refractivity contribution in [1.82, 2.24) is 9.80 Å². The normalized spacial score (nSPS) is 22.7. The fourth-order valence-corrected chi connectivity index (χ4v) is 3.32. The van der Waals surface area contributed by atoms with Crippen LogP contribution in [0.2, 0.25) is 0 Å². The molecule has 2 amide bonds. The van der Waals surface area contributed by atoms with Crippen LogP contribution < -0.4 is 5.32 Å². The van der Waals surface area contributed by atoms with Gasteiger partial charge < -0.3 is 10.2 Å². The lowest BCUT2D eigenvalue weighted by Gasteiger charge is -2.37. The van der Waals surface area contributed by atoms with Crippen molar-refractivity contribution in [3.63, 3.8) is 0 Å². The molecule has 0 aliphatic carbocycles. The van der Waals surface area contributed by atoms with Crippen LogP contribution in [0.4, 0.5) is 10.5 Å². The summed E-state index contributed by atoms with van der Waals surface area (Å²) in [5.41, 5.74) is 3.27. The summed E-state index contributed by atoms with van der Waals surface area (Å²) >= 11 is 0. The third kappa shape index (κ3) is 2.66. The summed E-state index contributed by atoms with van der Waals surface area (Å²) in [6.07, 6.45) is 2.50. The van der Waals surface area contributed by atoms with E-state index in [4.69, 9.17) is 0 Å². The summed E-state index contributed by atoms with van der Waals surface area (Å²) < 4.78 is 0. The monoisotopic (exact) mass is 273 g/mol. The zero-order valence-electron chi connectivity index (χ0n) is 12.4.